The molecule has 1 rings (SSSR count). The summed E-state index contributed by atoms with van der Waals surface area (Å²) in [5.41, 5.74) is 0. The lowest BCUT2D eigenvalue weighted by molar-refractivity contribution is 0.317. The van der Waals surface area contributed by atoms with Gasteiger partial charge in [0, 0.05) is 0 Å². The van der Waals surface area contributed by atoms with Crippen molar-refractivity contribution < 1.29 is 17.9 Å². The van der Waals surface area contributed by atoms with E-state index in [-0.39, 0.29) is 5.75 Å². The molecule has 0 bridgehead atoms. The normalized spacial score (nSPS) is 10.7. The smallest absolute Gasteiger partial charge is 0.163 e. The molecule has 0 fully saturated rings. The molecule has 5 nitrogen and oxygen atoms in total. The first-order valence-electron chi connectivity index (χ1n) is 5.41. The molecule has 18 heavy (non-hydrogen) atoms. The van der Waals surface area contributed by atoms with Crippen molar-refractivity contribution in [1.82, 2.24) is 0 Å². The third kappa shape index (κ3) is 5.06. The van der Waals surface area contributed by atoms with Gasteiger partial charge in [-0.05, 0) is 30.7 Å². The van der Waals surface area contributed by atoms with E-state index in [4.69, 9.17) is 14.7 Å². The van der Waals surface area contributed by atoms with Gasteiger partial charge in [0.25, 0.3) is 0 Å². The van der Waals surface area contributed by atoms with Gasteiger partial charge >= 0.3 is 0 Å². The van der Waals surface area contributed by atoms with Gasteiger partial charge in [0.1, 0.15) is 17.3 Å². The van der Waals surface area contributed by atoms with Crippen LogP contribution in [0, 0.1) is 11.3 Å². The van der Waals surface area contributed by atoms with Gasteiger partial charge in [0.2, 0.25) is 0 Å². The first-order chi connectivity index (χ1) is 8.57. The number of hydrogen-bond donors (Lipinski definition) is 0. The monoisotopic (exact) mass is 269 g/mol. The molecule has 0 aliphatic carbocycles. The molecule has 0 aromatic heterocycles. The van der Waals surface area contributed by atoms with Crippen molar-refractivity contribution in [2.75, 3.05) is 25.2 Å². The molecule has 0 unspecified atom stereocenters. The van der Waals surface area contributed by atoms with E-state index in [0.29, 0.717) is 18.8 Å². The lowest BCUT2D eigenvalue weighted by Gasteiger charge is -2.06. The molecule has 6 heteroatoms. The zero-order valence-electron chi connectivity index (χ0n) is 10.1. The molecule has 0 heterocycles. The molecule has 0 radical (unpaired) electrons. The Kier molecular flexibility index (Phi) is 5.46. The Hall–Kier alpha value is -1.74. The Morgan fingerprint density at radius 2 is 1.83 bits per heavy atom. The van der Waals surface area contributed by atoms with Crippen LogP contribution in [0.2, 0.25) is 0 Å². The molecule has 0 aliphatic rings. The Morgan fingerprint density at radius 3 is 2.39 bits per heavy atom. The fraction of sp³-hybridized carbons (Fsp3) is 0.417. The van der Waals surface area contributed by atoms with E-state index in [2.05, 4.69) is 0 Å². The van der Waals surface area contributed by atoms with Crippen molar-refractivity contribution in [1.29, 1.82) is 5.26 Å². The molecule has 0 aliphatic heterocycles. The number of nitrogens with zero attached hydrogens (tertiary/aromatic N) is 1. The summed E-state index contributed by atoms with van der Waals surface area (Å²) in [7, 11) is -1.68. The second kappa shape index (κ2) is 6.87. The maximum absolute atomic E-state index is 11.2. The van der Waals surface area contributed by atoms with E-state index in [1.807, 2.05) is 0 Å². The number of hydrogen-bond acceptors (Lipinski definition) is 5. The topological polar surface area (TPSA) is 76.4 Å². The lowest BCUT2D eigenvalue weighted by atomic mass is 10.3. The molecule has 0 spiro atoms. The summed E-state index contributed by atoms with van der Waals surface area (Å²) in [5.74, 6) is 0.930. The largest absolute Gasteiger partial charge is 0.497 e. The first-order valence-corrected chi connectivity index (χ1v) is 7.24. The molecule has 0 atom stereocenters. The van der Waals surface area contributed by atoms with Crippen LogP contribution in [-0.2, 0) is 9.84 Å². The average Bonchev–Trinajstić information content (AvgIpc) is 2.35. The standard InChI is InChI=1S/C12H15NO4S/c1-16-11-3-5-12(6-4-11)17-8-2-9-18(14,15)10-7-13/h3-6H,2,8-10H2,1H3. The van der Waals surface area contributed by atoms with Crippen molar-refractivity contribution in [3.63, 3.8) is 0 Å². The summed E-state index contributed by atoms with van der Waals surface area (Å²) in [6.45, 7) is 0.303. The minimum atomic E-state index is -3.26. The van der Waals surface area contributed by atoms with Crippen molar-refractivity contribution >= 4 is 9.84 Å². The van der Waals surface area contributed by atoms with E-state index in [9.17, 15) is 8.42 Å². The van der Waals surface area contributed by atoms with Gasteiger partial charge in [0.15, 0.2) is 9.84 Å². The summed E-state index contributed by atoms with van der Waals surface area (Å²) >= 11 is 0. The minimum Gasteiger partial charge on any atom is -0.497 e. The highest BCUT2D eigenvalue weighted by Gasteiger charge is 2.09. The van der Waals surface area contributed by atoms with Crippen LogP contribution >= 0.6 is 0 Å². The Labute approximate surface area is 107 Å². The minimum absolute atomic E-state index is 0.0310. The van der Waals surface area contributed by atoms with Crippen molar-refractivity contribution in [2.45, 2.75) is 6.42 Å². The highest BCUT2D eigenvalue weighted by Crippen LogP contribution is 2.17. The number of methoxy groups -OCH3 is 1. The molecular formula is C12H15NO4S. The van der Waals surface area contributed by atoms with Crippen molar-refractivity contribution in [2.24, 2.45) is 0 Å². The maximum Gasteiger partial charge on any atom is 0.163 e. The molecule has 0 amide bonds. The van der Waals surface area contributed by atoms with Crippen LogP contribution in [0.4, 0.5) is 0 Å². The molecule has 98 valence electrons. The van der Waals surface area contributed by atoms with E-state index in [1.54, 1.807) is 37.4 Å². The van der Waals surface area contributed by atoms with E-state index in [0.717, 1.165) is 5.75 Å². The van der Waals surface area contributed by atoms with Gasteiger partial charge < -0.3 is 9.47 Å². The molecule has 1 aromatic carbocycles. The predicted octanol–water partition coefficient (Wildman–Crippen LogP) is 1.40. The molecule has 0 N–H and O–H groups in total. The highest BCUT2D eigenvalue weighted by molar-refractivity contribution is 7.91. The van der Waals surface area contributed by atoms with Crippen LogP contribution in [0.1, 0.15) is 6.42 Å². The summed E-state index contributed by atoms with van der Waals surface area (Å²) in [6, 6.07) is 8.67. The van der Waals surface area contributed by atoms with Crippen LogP contribution in [0.25, 0.3) is 0 Å². The Bertz CT molecular complexity index is 502. The SMILES string of the molecule is COc1ccc(OCCCS(=O)(=O)CC#N)cc1. The summed E-state index contributed by atoms with van der Waals surface area (Å²) < 4.78 is 32.8. The van der Waals surface area contributed by atoms with E-state index in [1.165, 1.54) is 0 Å². The zero-order chi connectivity index (χ0) is 13.4. The number of nitriles is 1. The van der Waals surface area contributed by atoms with Gasteiger partial charge in [-0.25, -0.2) is 8.42 Å². The number of rotatable bonds is 7. The molecule has 0 saturated heterocycles. The van der Waals surface area contributed by atoms with Crippen LogP contribution in [0.5, 0.6) is 11.5 Å². The molecule has 1 aromatic rings. The quantitative estimate of drug-likeness (QED) is 0.699. The number of benzene rings is 1. The summed E-state index contributed by atoms with van der Waals surface area (Å²) in [4.78, 5) is 0. The van der Waals surface area contributed by atoms with Crippen LogP contribution in [0.3, 0.4) is 0 Å². The van der Waals surface area contributed by atoms with Gasteiger partial charge in [-0.15, -0.1) is 0 Å². The van der Waals surface area contributed by atoms with E-state index < -0.39 is 15.6 Å². The summed E-state index contributed by atoms with van der Waals surface area (Å²) in [6.07, 6.45) is 0.371. The Balaban J connectivity index is 2.32. The zero-order valence-corrected chi connectivity index (χ0v) is 10.9. The van der Waals surface area contributed by atoms with Gasteiger partial charge in [-0.2, -0.15) is 5.26 Å². The first kappa shape index (κ1) is 14.3. The second-order valence-electron chi connectivity index (χ2n) is 3.63. The fourth-order valence-corrected chi connectivity index (χ4v) is 2.21. The molecule has 0 saturated carbocycles. The average molecular weight is 269 g/mol. The highest BCUT2D eigenvalue weighted by atomic mass is 32.2. The van der Waals surface area contributed by atoms with Crippen LogP contribution < -0.4 is 9.47 Å². The number of sulfone groups is 1. The van der Waals surface area contributed by atoms with Gasteiger partial charge in [-0.1, -0.05) is 0 Å². The third-order valence-electron chi connectivity index (χ3n) is 2.21. The fourth-order valence-electron chi connectivity index (χ4n) is 1.31. The third-order valence-corrected chi connectivity index (χ3v) is 3.69. The van der Waals surface area contributed by atoms with E-state index >= 15 is 0 Å². The van der Waals surface area contributed by atoms with Crippen LogP contribution in [-0.4, -0.2) is 33.6 Å². The maximum atomic E-state index is 11.2. The number of ether oxygens (including phenoxy) is 2. The van der Waals surface area contributed by atoms with Gasteiger partial charge in [-0.3, -0.25) is 0 Å². The van der Waals surface area contributed by atoms with Crippen molar-refractivity contribution in [3.8, 4) is 17.6 Å². The van der Waals surface area contributed by atoms with Crippen LogP contribution in [0.15, 0.2) is 24.3 Å². The summed E-state index contributed by atoms with van der Waals surface area (Å²) in [5, 5.41) is 8.31. The second-order valence-corrected chi connectivity index (χ2v) is 5.81. The van der Waals surface area contributed by atoms with Crippen molar-refractivity contribution in [3.05, 3.63) is 24.3 Å². The molecular weight excluding hydrogens is 254 g/mol. The lowest BCUT2D eigenvalue weighted by Crippen LogP contribution is -2.12. The van der Waals surface area contributed by atoms with Gasteiger partial charge in [0.05, 0.1) is 25.5 Å². The predicted molar refractivity (Wildman–Crippen MR) is 67.4 cm³/mol. The Morgan fingerprint density at radius 1 is 1.22 bits per heavy atom.